The third kappa shape index (κ3) is 6.47. The fourth-order valence-electron chi connectivity index (χ4n) is 2.68. The smallest absolute Gasteiger partial charge is 0.425 e. The molecule has 0 bridgehead atoms. The Hall–Kier alpha value is -3.08. The van der Waals surface area contributed by atoms with Gasteiger partial charge in [0, 0.05) is 19.2 Å². The second kappa shape index (κ2) is 10.7. The first-order valence-electron chi connectivity index (χ1n) is 9.77. The van der Waals surface area contributed by atoms with E-state index in [1.807, 2.05) is 0 Å². The summed E-state index contributed by atoms with van der Waals surface area (Å²) in [5, 5.41) is 4.16. The number of urea groups is 1. The number of anilines is 2. The van der Waals surface area contributed by atoms with Gasteiger partial charge in [0.05, 0.1) is 22.0 Å². The van der Waals surface area contributed by atoms with Crippen LogP contribution >= 0.6 is 11.6 Å². The number of halogens is 6. The van der Waals surface area contributed by atoms with Crippen LogP contribution in [0.4, 0.5) is 38.1 Å². The van der Waals surface area contributed by atoms with Crippen molar-refractivity contribution in [1.29, 1.82) is 0 Å². The maximum absolute atomic E-state index is 14.7. The SMILES string of the molecule is CCN(CC)C(=O)Nc1cc(O[C@@H](C)C(F)(F)F)c(C(=O)Nc2c(F)cccc2Cl)cc1F. The molecule has 3 amide bonds. The average Bonchev–Trinajstić information content (AvgIpc) is 2.73. The van der Waals surface area contributed by atoms with Crippen molar-refractivity contribution in [3.63, 3.8) is 0 Å². The van der Waals surface area contributed by atoms with Gasteiger partial charge in [0.2, 0.25) is 0 Å². The third-order valence-corrected chi connectivity index (χ3v) is 4.89. The van der Waals surface area contributed by atoms with Gasteiger partial charge in [0.25, 0.3) is 5.91 Å². The van der Waals surface area contributed by atoms with Crippen LogP contribution in [0.25, 0.3) is 0 Å². The molecular formula is C21H21ClF5N3O3. The molecule has 2 aromatic carbocycles. The highest BCUT2D eigenvalue weighted by molar-refractivity contribution is 6.34. The van der Waals surface area contributed by atoms with E-state index in [0.29, 0.717) is 26.1 Å². The quantitative estimate of drug-likeness (QED) is 0.460. The van der Waals surface area contributed by atoms with Gasteiger partial charge in [-0.1, -0.05) is 17.7 Å². The molecule has 0 radical (unpaired) electrons. The molecule has 0 aromatic heterocycles. The number of benzene rings is 2. The second-order valence-electron chi connectivity index (χ2n) is 6.78. The Balaban J connectivity index is 2.48. The molecule has 2 rings (SSSR count). The molecule has 0 saturated carbocycles. The van der Waals surface area contributed by atoms with Gasteiger partial charge in [0.1, 0.15) is 17.4 Å². The van der Waals surface area contributed by atoms with E-state index in [-0.39, 0.29) is 5.02 Å². The van der Waals surface area contributed by atoms with Crippen LogP contribution in [0, 0.1) is 11.6 Å². The number of amides is 3. The molecule has 0 heterocycles. The van der Waals surface area contributed by atoms with Crippen molar-refractivity contribution in [3.8, 4) is 5.75 Å². The van der Waals surface area contributed by atoms with Gasteiger partial charge in [0.15, 0.2) is 6.10 Å². The summed E-state index contributed by atoms with van der Waals surface area (Å²) in [6.07, 6.45) is -7.18. The molecule has 6 nitrogen and oxygen atoms in total. The van der Waals surface area contributed by atoms with Gasteiger partial charge in [-0.3, -0.25) is 4.79 Å². The second-order valence-corrected chi connectivity index (χ2v) is 7.19. The lowest BCUT2D eigenvalue weighted by atomic mass is 10.1. The third-order valence-electron chi connectivity index (χ3n) is 4.57. The average molecular weight is 494 g/mol. The van der Waals surface area contributed by atoms with Crippen LogP contribution < -0.4 is 15.4 Å². The molecule has 33 heavy (non-hydrogen) atoms. The minimum atomic E-state index is -4.80. The van der Waals surface area contributed by atoms with E-state index < -0.39 is 58.5 Å². The number of nitrogens with zero attached hydrogens (tertiary/aromatic N) is 1. The minimum Gasteiger partial charge on any atom is -0.480 e. The largest absolute Gasteiger partial charge is 0.480 e. The van der Waals surface area contributed by atoms with E-state index in [1.165, 1.54) is 17.0 Å². The number of alkyl halides is 3. The zero-order valence-electron chi connectivity index (χ0n) is 17.8. The van der Waals surface area contributed by atoms with E-state index in [2.05, 4.69) is 10.6 Å². The summed E-state index contributed by atoms with van der Waals surface area (Å²) in [5.41, 5.74) is -1.61. The lowest BCUT2D eigenvalue weighted by Crippen LogP contribution is -2.35. The molecule has 0 spiro atoms. The zero-order chi connectivity index (χ0) is 24.9. The first-order valence-corrected chi connectivity index (χ1v) is 10.1. The maximum Gasteiger partial charge on any atom is 0.425 e. The standard InChI is InChI=1S/C21H21ClF5N3O3/c1-4-30(5-2)20(32)28-16-10-17(33-11(3)21(25,26)27)12(9-15(16)24)19(31)29-18-13(22)7-6-8-14(18)23/h6-11H,4-5H2,1-3H3,(H,28,32)(H,29,31)/t11-/m0/s1. The summed E-state index contributed by atoms with van der Waals surface area (Å²) in [6.45, 7) is 4.64. The van der Waals surface area contributed by atoms with Crippen molar-refractivity contribution in [1.82, 2.24) is 4.90 Å². The van der Waals surface area contributed by atoms with Crippen LogP contribution in [-0.4, -0.2) is 42.2 Å². The molecule has 0 aliphatic rings. The zero-order valence-corrected chi connectivity index (χ0v) is 18.6. The number of carbonyl (C=O) groups excluding carboxylic acids is 2. The summed E-state index contributed by atoms with van der Waals surface area (Å²) >= 11 is 5.85. The van der Waals surface area contributed by atoms with Crippen LogP contribution in [0.3, 0.4) is 0 Å². The Morgan fingerprint density at radius 2 is 1.73 bits per heavy atom. The van der Waals surface area contributed by atoms with E-state index >= 15 is 0 Å². The molecule has 0 saturated heterocycles. The predicted octanol–water partition coefficient (Wildman–Crippen LogP) is 6.07. The summed E-state index contributed by atoms with van der Waals surface area (Å²) in [5.74, 6) is -3.88. The molecule has 2 aromatic rings. The maximum atomic E-state index is 14.7. The summed E-state index contributed by atoms with van der Waals surface area (Å²) in [6, 6.07) is 4.19. The summed E-state index contributed by atoms with van der Waals surface area (Å²) in [7, 11) is 0. The highest BCUT2D eigenvalue weighted by atomic mass is 35.5. The number of nitrogens with one attached hydrogen (secondary N) is 2. The molecule has 0 aliphatic carbocycles. The number of hydrogen-bond acceptors (Lipinski definition) is 3. The van der Waals surface area contributed by atoms with Crippen LogP contribution in [0.1, 0.15) is 31.1 Å². The number of ether oxygens (including phenoxy) is 1. The van der Waals surface area contributed by atoms with Gasteiger partial charge in [-0.05, 0) is 39.0 Å². The topological polar surface area (TPSA) is 70.7 Å². The van der Waals surface area contributed by atoms with Crippen molar-refractivity contribution in [2.45, 2.75) is 33.1 Å². The van der Waals surface area contributed by atoms with Gasteiger partial charge < -0.3 is 20.3 Å². The highest BCUT2D eigenvalue weighted by Gasteiger charge is 2.39. The normalized spacial score (nSPS) is 12.2. The summed E-state index contributed by atoms with van der Waals surface area (Å²) < 4.78 is 72.8. The van der Waals surface area contributed by atoms with Crippen LogP contribution in [0.5, 0.6) is 5.75 Å². The van der Waals surface area contributed by atoms with E-state index in [0.717, 1.165) is 12.1 Å². The fourth-order valence-corrected chi connectivity index (χ4v) is 2.89. The molecule has 0 aliphatic heterocycles. The molecule has 12 heteroatoms. The first kappa shape index (κ1) is 26.2. The predicted molar refractivity (Wildman–Crippen MR) is 114 cm³/mol. The van der Waals surface area contributed by atoms with Crippen LogP contribution in [-0.2, 0) is 0 Å². The Labute approximate surface area is 191 Å². The molecule has 2 N–H and O–H groups in total. The number of carbonyl (C=O) groups is 2. The van der Waals surface area contributed by atoms with Gasteiger partial charge in [-0.25, -0.2) is 13.6 Å². The lowest BCUT2D eigenvalue weighted by Gasteiger charge is -2.22. The first-order chi connectivity index (χ1) is 15.4. The van der Waals surface area contributed by atoms with Gasteiger partial charge in [-0.15, -0.1) is 0 Å². The van der Waals surface area contributed by atoms with E-state index in [4.69, 9.17) is 16.3 Å². The number of rotatable bonds is 7. The Morgan fingerprint density at radius 3 is 2.27 bits per heavy atom. The monoisotopic (exact) mass is 493 g/mol. The molecule has 180 valence electrons. The summed E-state index contributed by atoms with van der Waals surface area (Å²) in [4.78, 5) is 26.2. The molecule has 0 unspecified atom stereocenters. The van der Waals surface area contributed by atoms with Crippen molar-refractivity contribution in [2.24, 2.45) is 0 Å². The molecular weight excluding hydrogens is 473 g/mol. The highest BCUT2D eigenvalue weighted by Crippen LogP contribution is 2.33. The number of para-hydroxylation sites is 1. The molecule has 0 fully saturated rings. The van der Waals surface area contributed by atoms with Crippen LogP contribution in [0.2, 0.25) is 5.02 Å². The van der Waals surface area contributed by atoms with Gasteiger partial charge >= 0.3 is 12.2 Å². The fraction of sp³-hybridized carbons (Fsp3) is 0.333. The Morgan fingerprint density at radius 1 is 1.09 bits per heavy atom. The van der Waals surface area contributed by atoms with Crippen molar-refractivity contribution in [3.05, 3.63) is 52.6 Å². The Bertz CT molecular complexity index is 1010. The minimum absolute atomic E-state index is 0.182. The Kier molecular flexibility index (Phi) is 8.48. The molecule has 1 atom stereocenters. The van der Waals surface area contributed by atoms with E-state index in [9.17, 15) is 31.5 Å². The van der Waals surface area contributed by atoms with Crippen molar-refractivity contribution in [2.75, 3.05) is 23.7 Å². The lowest BCUT2D eigenvalue weighted by molar-refractivity contribution is -0.189. The number of hydrogen-bond donors (Lipinski definition) is 2. The van der Waals surface area contributed by atoms with Crippen molar-refractivity contribution >= 4 is 34.9 Å². The van der Waals surface area contributed by atoms with Crippen LogP contribution in [0.15, 0.2) is 30.3 Å². The van der Waals surface area contributed by atoms with Crippen molar-refractivity contribution < 1.29 is 36.3 Å². The van der Waals surface area contributed by atoms with E-state index in [1.54, 1.807) is 13.8 Å². The van der Waals surface area contributed by atoms with Gasteiger partial charge in [-0.2, -0.15) is 13.2 Å².